The summed E-state index contributed by atoms with van der Waals surface area (Å²) in [7, 11) is 1.24. The van der Waals surface area contributed by atoms with Crippen LogP contribution in [-0.4, -0.2) is 46.0 Å². The molecule has 0 saturated heterocycles. The van der Waals surface area contributed by atoms with E-state index in [9.17, 15) is 24.0 Å². The SMILES string of the molecule is CCOc1ccc(C(=O)N[C@H](C(=O)OCC(=O)c2c(N)n(Cc3ccccc3)c(=O)n(C)c2=O)C(C)C)cc1. The molecule has 1 atom stereocenters. The van der Waals surface area contributed by atoms with E-state index in [1.165, 1.54) is 7.05 Å². The number of hydrogen-bond acceptors (Lipinski definition) is 8. The van der Waals surface area contributed by atoms with Gasteiger partial charge in [-0.3, -0.25) is 23.5 Å². The van der Waals surface area contributed by atoms with Crippen LogP contribution in [0.5, 0.6) is 5.75 Å². The first-order valence-electron chi connectivity index (χ1n) is 12.4. The van der Waals surface area contributed by atoms with Crippen molar-refractivity contribution in [1.82, 2.24) is 14.5 Å². The van der Waals surface area contributed by atoms with Gasteiger partial charge in [-0.2, -0.15) is 0 Å². The van der Waals surface area contributed by atoms with E-state index in [1.807, 2.05) is 13.0 Å². The molecule has 0 saturated carbocycles. The minimum Gasteiger partial charge on any atom is -0.494 e. The molecule has 0 unspecified atom stereocenters. The van der Waals surface area contributed by atoms with Crippen LogP contribution in [0.1, 0.15) is 47.1 Å². The number of nitrogens with two attached hydrogens (primary N) is 1. The zero-order valence-electron chi connectivity index (χ0n) is 22.3. The Morgan fingerprint density at radius 1 is 1.00 bits per heavy atom. The number of amides is 1. The number of nitrogens with zero attached hydrogens (tertiary/aromatic N) is 2. The first-order valence-corrected chi connectivity index (χ1v) is 12.4. The van der Waals surface area contributed by atoms with Gasteiger partial charge in [-0.15, -0.1) is 0 Å². The summed E-state index contributed by atoms with van der Waals surface area (Å²) in [5, 5.41) is 2.62. The van der Waals surface area contributed by atoms with Crippen LogP contribution in [0.25, 0.3) is 0 Å². The summed E-state index contributed by atoms with van der Waals surface area (Å²) in [6.07, 6.45) is 0. The predicted molar refractivity (Wildman–Crippen MR) is 145 cm³/mol. The molecule has 2 aromatic carbocycles. The maximum atomic E-state index is 13.0. The van der Waals surface area contributed by atoms with Gasteiger partial charge >= 0.3 is 11.7 Å². The van der Waals surface area contributed by atoms with Crippen molar-refractivity contribution in [3.05, 3.63) is 92.1 Å². The fraction of sp³-hybridized carbons (Fsp3) is 0.321. The molecule has 1 heterocycles. The van der Waals surface area contributed by atoms with E-state index >= 15 is 0 Å². The summed E-state index contributed by atoms with van der Waals surface area (Å²) in [5.74, 6) is -2.32. The van der Waals surface area contributed by atoms with Gasteiger partial charge in [0.1, 0.15) is 23.2 Å². The van der Waals surface area contributed by atoms with Crippen molar-refractivity contribution in [3.8, 4) is 5.75 Å². The molecule has 0 bridgehead atoms. The lowest BCUT2D eigenvalue weighted by Gasteiger charge is -2.21. The Bertz CT molecular complexity index is 1460. The predicted octanol–water partition coefficient (Wildman–Crippen LogP) is 1.76. The summed E-state index contributed by atoms with van der Waals surface area (Å²) >= 11 is 0. The topological polar surface area (TPSA) is 152 Å². The zero-order valence-corrected chi connectivity index (χ0v) is 22.3. The second kappa shape index (κ2) is 12.7. The lowest BCUT2D eigenvalue weighted by Crippen LogP contribution is -2.46. The van der Waals surface area contributed by atoms with E-state index in [4.69, 9.17) is 15.2 Å². The number of carbonyl (C=O) groups is 3. The van der Waals surface area contributed by atoms with Gasteiger partial charge in [0, 0.05) is 12.6 Å². The second-order valence-electron chi connectivity index (χ2n) is 9.16. The highest BCUT2D eigenvalue weighted by atomic mass is 16.5. The first kappa shape index (κ1) is 28.9. The molecule has 0 aliphatic heterocycles. The third kappa shape index (κ3) is 6.81. The van der Waals surface area contributed by atoms with Crippen LogP contribution in [-0.2, 0) is 23.1 Å². The maximum absolute atomic E-state index is 13.0. The number of nitrogen functional groups attached to an aromatic ring is 1. The number of benzene rings is 2. The Kier molecular flexibility index (Phi) is 9.43. The van der Waals surface area contributed by atoms with Gasteiger partial charge in [-0.05, 0) is 42.7 Å². The number of ketones is 1. The second-order valence-corrected chi connectivity index (χ2v) is 9.16. The van der Waals surface area contributed by atoms with Gasteiger partial charge in [0.15, 0.2) is 6.61 Å². The van der Waals surface area contributed by atoms with Gasteiger partial charge in [-0.1, -0.05) is 44.2 Å². The van der Waals surface area contributed by atoms with E-state index in [0.29, 0.717) is 17.9 Å². The summed E-state index contributed by atoms with van der Waals surface area (Å²) in [6, 6.07) is 14.3. The number of esters is 1. The molecule has 11 heteroatoms. The van der Waals surface area contributed by atoms with Gasteiger partial charge in [0.05, 0.1) is 13.2 Å². The summed E-state index contributed by atoms with van der Waals surface area (Å²) < 4.78 is 12.5. The highest BCUT2D eigenvalue weighted by Crippen LogP contribution is 2.14. The molecule has 39 heavy (non-hydrogen) atoms. The molecular formula is C28H32N4O7. The van der Waals surface area contributed by atoms with Gasteiger partial charge in [0.25, 0.3) is 11.5 Å². The number of hydrogen-bond donors (Lipinski definition) is 2. The van der Waals surface area contributed by atoms with Crippen molar-refractivity contribution < 1.29 is 23.9 Å². The molecule has 11 nitrogen and oxygen atoms in total. The molecule has 1 amide bonds. The Morgan fingerprint density at radius 2 is 1.64 bits per heavy atom. The number of Topliss-reactive ketones (excluding diaryl/α,β-unsaturated/α-hetero) is 1. The van der Waals surface area contributed by atoms with Crippen molar-refractivity contribution in [2.45, 2.75) is 33.4 Å². The molecule has 3 rings (SSSR count). The molecule has 0 aliphatic carbocycles. The van der Waals surface area contributed by atoms with Crippen LogP contribution >= 0.6 is 0 Å². The summed E-state index contributed by atoms with van der Waals surface area (Å²) in [4.78, 5) is 64.0. The molecule has 0 radical (unpaired) electrons. The first-order chi connectivity index (χ1) is 18.5. The Hall–Kier alpha value is -4.67. The molecule has 0 fully saturated rings. The average Bonchev–Trinajstić information content (AvgIpc) is 2.92. The Balaban J connectivity index is 1.75. The number of carbonyl (C=O) groups excluding carboxylic acids is 3. The van der Waals surface area contributed by atoms with Crippen molar-refractivity contribution in [2.24, 2.45) is 13.0 Å². The molecular weight excluding hydrogens is 504 g/mol. The van der Waals surface area contributed by atoms with Crippen LogP contribution in [0.4, 0.5) is 5.82 Å². The normalized spacial score (nSPS) is 11.6. The van der Waals surface area contributed by atoms with Crippen molar-refractivity contribution in [1.29, 1.82) is 0 Å². The van der Waals surface area contributed by atoms with Crippen LogP contribution in [0, 0.1) is 5.92 Å². The lowest BCUT2D eigenvalue weighted by molar-refractivity contribution is -0.145. The minimum absolute atomic E-state index is 0.0344. The average molecular weight is 537 g/mol. The quantitative estimate of drug-likeness (QED) is 0.278. The largest absolute Gasteiger partial charge is 0.494 e. The Morgan fingerprint density at radius 3 is 2.23 bits per heavy atom. The van der Waals surface area contributed by atoms with Gasteiger partial charge < -0.3 is 20.5 Å². The minimum atomic E-state index is -1.07. The highest BCUT2D eigenvalue weighted by Gasteiger charge is 2.28. The van der Waals surface area contributed by atoms with Crippen LogP contribution in [0.2, 0.25) is 0 Å². The molecule has 0 spiro atoms. The van der Waals surface area contributed by atoms with Crippen molar-refractivity contribution in [2.75, 3.05) is 18.9 Å². The van der Waals surface area contributed by atoms with E-state index < -0.39 is 47.1 Å². The van der Waals surface area contributed by atoms with Crippen LogP contribution < -0.4 is 27.0 Å². The van der Waals surface area contributed by atoms with E-state index in [0.717, 1.165) is 14.7 Å². The lowest BCUT2D eigenvalue weighted by atomic mass is 10.0. The highest BCUT2D eigenvalue weighted by molar-refractivity contribution is 6.02. The summed E-state index contributed by atoms with van der Waals surface area (Å²) in [5.41, 5.74) is 5.10. The molecule has 1 aromatic heterocycles. The smallest absolute Gasteiger partial charge is 0.332 e. The van der Waals surface area contributed by atoms with E-state index in [1.54, 1.807) is 62.4 Å². The van der Waals surface area contributed by atoms with Gasteiger partial charge in [-0.25, -0.2) is 9.59 Å². The van der Waals surface area contributed by atoms with E-state index in [-0.39, 0.29) is 18.3 Å². The van der Waals surface area contributed by atoms with Crippen molar-refractivity contribution >= 4 is 23.5 Å². The molecule has 206 valence electrons. The van der Waals surface area contributed by atoms with Crippen LogP contribution in [0.15, 0.2) is 64.2 Å². The molecule has 3 aromatic rings. The van der Waals surface area contributed by atoms with E-state index in [2.05, 4.69) is 5.32 Å². The Labute approximate surface area is 225 Å². The number of ether oxygens (including phenoxy) is 2. The zero-order chi connectivity index (χ0) is 28.7. The van der Waals surface area contributed by atoms with Gasteiger partial charge in [0.2, 0.25) is 5.78 Å². The number of rotatable bonds is 11. The maximum Gasteiger partial charge on any atom is 0.332 e. The standard InChI is InChI=1S/C28H32N4O7/c1-5-38-20-13-11-19(12-14-20)25(34)30-23(17(2)3)27(36)39-16-21(33)22-24(29)32(28(37)31(4)26(22)35)15-18-9-7-6-8-10-18/h6-14,17,23H,5,15-16,29H2,1-4H3,(H,30,34)/t23-/m0/s1. The molecule has 3 N–H and O–H groups in total. The third-order valence-corrected chi connectivity index (χ3v) is 6.03. The third-order valence-electron chi connectivity index (χ3n) is 6.03. The van der Waals surface area contributed by atoms with Crippen LogP contribution in [0.3, 0.4) is 0 Å². The summed E-state index contributed by atoms with van der Waals surface area (Å²) in [6.45, 7) is 4.98. The number of anilines is 1. The molecule has 0 aliphatic rings. The number of nitrogens with one attached hydrogen (secondary N) is 1. The fourth-order valence-electron chi connectivity index (χ4n) is 3.85. The number of aromatic nitrogens is 2. The van der Waals surface area contributed by atoms with Crippen molar-refractivity contribution in [3.63, 3.8) is 0 Å². The fourth-order valence-corrected chi connectivity index (χ4v) is 3.85. The monoisotopic (exact) mass is 536 g/mol.